The van der Waals surface area contributed by atoms with Gasteiger partial charge in [-0.1, -0.05) is 18.2 Å². The zero-order chi connectivity index (χ0) is 16.2. The minimum atomic E-state index is -0.352. The predicted molar refractivity (Wildman–Crippen MR) is 86.3 cm³/mol. The number of nitrogens with two attached hydrogens (primary N) is 1. The molecule has 0 spiro atoms. The van der Waals surface area contributed by atoms with Crippen LogP contribution < -0.4 is 11.1 Å². The number of aromatic nitrogens is 2. The van der Waals surface area contributed by atoms with Crippen molar-refractivity contribution in [3.63, 3.8) is 0 Å². The van der Waals surface area contributed by atoms with Crippen LogP contribution in [0, 0.1) is 0 Å². The molecule has 0 saturated heterocycles. The molecule has 6 heteroatoms. The summed E-state index contributed by atoms with van der Waals surface area (Å²) in [6.07, 6.45) is 4.62. The van der Waals surface area contributed by atoms with Gasteiger partial charge in [-0.3, -0.25) is 9.59 Å². The SMILES string of the molecule is NC(=O)CCCNC(=O)c1cnn(-c2ccccc2)c1C1CC1. The maximum atomic E-state index is 12.4. The Morgan fingerprint density at radius 2 is 2.00 bits per heavy atom. The van der Waals surface area contributed by atoms with E-state index >= 15 is 0 Å². The van der Waals surface area contributed by atoms with Crippen molar-refractivity contribution in [3.8, 4) is 5.69 Å². The summed E-state index contributed by atoms with van der Waals surface area (Å²) in [7, 11) is 0. The Kier molecular flexibility index (Phi) is 4.41. The summed E-state index contributed by atoms with van der Waals surface area (Å²) in [6.45, 7) is 0.433. The van der Waals surface area contributed by atoms with Crippen LogP contribution in [0.1, 0.15) is 47.7 Å². The van der Waals surface area contributed by atoms with Crippen molar-refractivity contribution in [2.75, 3.05) is 6.54 Å². The molecule has 0 bridgehead atoms. The topological polar surface area (TPSA) is 90.0 Å². The van der Waals surface area contributed by atoms with E-state index in [1.54, 1.807) is 6.20 Å². The van der Waals surface area contributed by atoms with Gasteiger partial charge in [0.1, 0.15) is 0 Å². The molecule has 1 aliphatic carbocycles. The zero-order valence-corrected chi connectivity index (χ0v) is 12.9. The van der Waals surface area contributed by atoms with Crippen LogP contribution in [-0.4, -0.2) is 28.1 Å². The van der Waals surface area contributed by atoms with Gasteiger partial charge in [0, 0.05) is 18.9 Å². The third-order valence-corrected chi connectivity index (χ3v) is 3.90. The van der Waals surface area contributed by atoms with Gasteiger partial charge in [-0.15, -0.1) is 0 Å². The molecule has 6 nitrogen and oxygen atoms in total. The molecule has 3 N–H and O–H groups in total. The summed E-state index contributed by atoms with van der Waals surface area (Å²) in [5.41, 5.74) is 7.65. The van der Waals surface area contributed by atoms with Gasteiger partial charge in [0.25, 0.3) is 5.91 Å². The van der Waals surface area contributed by atoms with E-state index in [2.05, 4.69) is 10.4 Å². The number of amides is 2. The third-order valence-electron chi connectivity index (χ3n) is 3.90. The van der Waals surface area contributed by atoms with Crippen molar-refractivity contribution < 1.29 is 9.59 Å². The summed E-state index contributed by atoms with van der Waals surface area (Å²) < 4.78 is 1.86. The number of nitrogens with zero attached hydrogens (tertiary/aromatic N) is 2. The summed E-state index contributed by atoms with van der Waals surface area (Å²) in [4.78, 5) is 23.1. The molecule has 2 amide bonds. The molecular formula is C17H20N4O2. The number of carbonyl (C=O) groups is 2. The van der Waals surface area contributed by atoms with Gasteiger partial charge in [-0.2, -0.15) is 5.10 Å². The number of primary amides is 1. The van der Waals surface area contributed by atoms with Crippen LogP contribution >= 0.6 is 0 Å². The van der Waals surface area contributed by atoms with E-state index in [-0.39, 0.29) is 18.2 Å². The summed E-state index contributed by atoms with van der Waals surface area (Å²) >= 11 is 0. The fourth-order valence-corrected chi connectivity index (χ4v) is 2.62. The Labute approximate surface area is 134 Å². The Bertz CT molecular complexity index is 705. The third kappa shape index (κ3) is 3.59. The highest BCUT2D eigenvalue weighted by atomic mass is 16.2. The normalized spacial score (nSPS) is 13.7. The second-order valence-corrected chi connectivity index (χ2v) is 5.79. The molecule has 120 valence electrons. The van der Waals surface area contributed by atoms with Gasteiger partial charge in [0.15, 0.2) is 0 Å². The van der Waals surface area contributed by atoms with Crippen molar-refractivity contribution >= 4 is 11.8 Å². The quantitative estimate of drug-likeness (QED) is 0.763. The fraction of sp³-hybridized carbons (Fsp3) is 0.353. The number of benzene rings is 1. The van der Waals surface area contributed by atoms with E-state index in [0.717, 1.165) is 24.2 Å². The lowest BCUT2D eigenvalue weighted by atomic mass is 10.1. The van der Waals surface area contributed by atoms with Crippen molar-refractivity contribution in [1.29, 1.82) is 0 Å². The molecule has 0 radical (unpaired) electrons. The lowest BCUT2D eigenvalue weighted by Gasteiger charge is -2.09. The largest absolute Gasteiger partial charge is 0.370 e. The standard InChI is InChI=1S/C17H20N4O2/c18-15(22)7-4-10-19-17(23)14-11-20-21(16(14)12-8-9-12)13-5-2-1-3-6-13/h1-3,5-6,11-12H,4,7-10H2,(H2,18,22)(H,19,23). The highest BCUT2D eigenvalue weighted by Gasteiger charge is 2.32. The van der Waals surface area contributed by atoms with Gasteiger partial charge in [-0.25, -0.2) is 4.68 Å². The molecule has 1 aromatic heterocycles. The average Bonchev–Trinajstić information content (AvgIpc) is 3.30. The minimum Gasteiger partial charge on any atom is -0.370 e. The van der Waals surface area contributed by atoms with Crippen LogP contribution in [0.5, 0.6) is 0 Å². The highest BCUT2D eigenvalue weighted by molar-refractivity contribution is 5.95. The van der Waals surface area contributed by atoms with Crippen LogP contribution in [0.4, 0.5) is 0 Å². The number of rotatable bonds is 7. The second kappa shape index (κ2) is 6.64. The Hall–Kier alpha value is -2.63. The van der Waals surface area contributed by atoms with Crippen molar-refractivity contribution in [1.82, 2.24) is 15.1 Å². The first kappa shape index (κ1) is 15.3. The van der Waals surface area contributed by atoms with E-state index in [9.17, 15) is 9.59 Å². The number of hydrogen-bond acceptors (Lipinski definition) is 3. The summed E-state index contributed by atoms with van der Waals surface area (Å²) in [6, 6.07) is 9.82. The number of carbonyl (C=O) groups excluding carboxylic acids is 2. The van der Waals surface area contributed by atoms with Gasteiger partial charge in [0.05, 0.1) is 23.1 Å². The molecule has 1 fully saturated rings. The molecule has 1 aromatic carbocycles. The molecule has 23 heavy (non-hydrogen) atoms. The van der Waals surface area contributed by atoms with Gasteiger partial charge in [0.2, 0.25) is 5.91 Å². The molecule has 1 aliphatic rings. The van der Waals surface area contributed by atoms with Crippen LogP contribution in [0.3, 0.4) is 0 Å². The van der Waals surface area contributed by atoms with E-state index in [0.29, 0.717) is 24.4 Å². The van der Waals surface area contributed by atoms with Crippen LogP contribution in [0.15, 0.2) is 36.5 Å². The first-order valence-corrected chi connectivity index (χ1v) is 7.86. The van der Waals surface area contributed by atoms with Crippen molar-refractivity contribution in [2.45, 2.75) is 31.6 Å². The first-order valence-electron chi connectivity index (χ1n) is 7.86. The predicted octanol–water partition coefficient (Wildman–Crippen LogP) is 1.74. The van der Waals surface area contributed by atoms with Crippen LogP contribution in [0.2, 0.25) is 0 Å². The monoisotopic (exact) mass is 312 g/mol. The molecule has 0 unspecified atom stereocenters. The van der Waals surface area contributed by atoms with Gasteiger partial charge < -0.3 is 11.1 Å². The van der Waals surface area contributed by atoms with E-state index in [1.165, 1.54) is 0 Å². The number of hydrogen-bond donors (Lipinski definition) is 2. The molecule has 1 saturated carbocycles. The summed E-state index contributed by atoms with van der Waals surface area (Å²) in [5, 5.41) is 7.25. The molecular weight excluding hydrogens is 292 g/mol. The first-order chi connectivity index (χ1) is 11.2. The van der Waals surface area contributed by atoms with Gasteiger partial charge in [-0.05, 0) is 31.4 Å². The summed E-state index contributed by atoms with van der Waals surface area (Å²) in [5.74, 6) is -0.0996. The lowest BCUT2D eigenvalue weighted by molar-refractivity contribution is -0.118. The maximum absolute atomic E-state index is 12.4. The average molecular weight is 312 g/mol. The Morgan fingerprint density at radius 3 is 2.65 bits per heavy atom. The number of para-hydroxylation sites is 1. The van der Waals surface area contributed by atoms with Crippen molar-refractivity contribution in [3.05, 3.63) is 47.8 Å². The maximum Gasteiger partial charge on any atom is 0.254 e. The zero-order valence-electron chi connectivity index (χ0n) is 12.9. The Morgan fingerprint density at radius 1 is 1.26 bits per heavy atom. The van der Waals surface area contributed by atoms with Crippen molar-refractivity contribution in [2.24, 2.45) is 5.73 Å². The molecule has 0 atom stereocenters. The van der Waals surface area contributed by atoms with Crippen LogP contribution in [0.25, 0.3) is 5.69 Å². The fourth-order valence-electron chi connectivity index (χ4n) is 2.62. The van der Waals surface area contributed by atoms with E-state index in [1.807, 2.05) is 35.0 Å². The molecule has 2 aromatic rings. The van der Waals surface area contributed by atoms with Crippen LogP contribution in [-0.2, 0) is 4.79 Å². The minimum absolute atomic E-state index is 0.140. The smallest absolute Gasteiger partial charge is 0.254 e. The Balaban J connectivity index is 1.76. The number of nitrogens with one attached hydrogen (secondary N) is 1. The molecule has 1 heterocycles. The second-order valence-electron chi connectivity index (χ2n) is 5.79. The van der Waals surface area contributed by atoms with E-state index < -0.39 is 0 Å². The lowest BCUT2D eigenvalue weighted by Crippen LogP contribution is -2.26. The highest BCUT2D eigenvalue weighted by Crippen LogP contribution is 2.42. The van der Waals surface area contributed by atoms with Gasteiger partial charge >= 0.3 is 0 Å². The molecule has 0 aliphatic heterocycles. The van der Waals surface area contributed by atoms with E-state index in [4.69, 9.17) is 5.73 Å². The molecule has 3 rings (SSSR count).